The number of Topliss-reactive ketones (excluding diaryl/α,β-unsaturated/α-hetero) is 1. The van der Waals surface area contributed by atoms with Crippen LogP contribution in [0.2, 0.25) is 5.02 Å². The number of hydrogen-bond acceptors (Lipinski definition) is 10. The first-order valence-corrected chi connectivity index (χ1v) is 11.5. The van der Waals surface area contributed by atoms with Gasteiger partial charge in [-0.1, -0.05) is 11.6 Å². The van der Waals surface area contributed by atoms with Gasteiger partial charge < -0.3 is 24.7 Å². The van der Waals surface area contributed by atoms with E-state index in [2.05, 4.69) is 4.72 Å². The Hall–Kier alpha value is -3.95. The molecule has 0 amide bonds. The number of anilines is 1. The maximum absolute atomic E-state index is 13.2. The number of nitriles is 1. The normalized spacial score (nSPS) is 11.5. The third-order valence-corrected chi connectivity index (χ3v) is 6.21. The Bertz CT molecular complexity index is 1330. The van der Waals surface area contributed by atoms with Crippen LogP contribution in [0.25, 0.3) is 0 Å². The van der Waals surface area contributed by atoms with Gasteiger partial charge in [0.05, 0.1) is 37.6 Å². The summed E-state index contributed by atoms with van der Waals surface area (Å²) in [5, 5.41) is 9.10. The van der Waals surface area contributed by atoms with Gasteiger partial charge in [-0.15, -0.1) is 0 Å². The van der Waals surface area contributed by atoms with Crippen LogP contribution in [0.15, 0.2) is 46.5 Å². The van der Waals surface area contributed by atoms with Crippen LogP contribution in [-0.4, -0.2) is 48.1 Å². The summed E-state index contributed by atoms with van der Waals surface area (Å²) < 4.78 is 49.0. The molecule has 13 heteroatoms. The number of nitrogens with one attached hydrogen (secondary N) is 1. The largest absolute Gasteiger partial charge is 0.495 e. The van der Waals surface area contributed by atoms with Gasteiger partial charge >= 0.3 is 5.97 Å². The second kappa shape index (κ2) is 11.5. The van der Waals surface area contributed by atoms with Gasteiger partial charge in [-0.3, -0.25) is 9.52 Å². The summed E-state index contributed by atoms with van der Waals surface area (Å²) in [5.74, 6) is -1.49. The number of ether oxygens (including phenoxy) is 4. The van der Waals surface area contributed by atoms with Crippen LogP contribution >= 0.6 is 11.6 Å². The first-order chi connectivity index (χ1) is 16.5. The van der Waals surface area contributed by atoms with Crippen LogP contribution in [0.4, 0.5) is 5.69 Å². The molecule has 0 unspecified atom stereocenters. The number of methoxy groups -OCH3 is 3. The topological polar surface area (TPSA) is 167 Å². The highest BCUT2D eigenvalue weighted by Gasteiger charge is 2.25. The van der Waals surface area contributed by atoms with Crippen molar-refractivity contribution in [2.24, 2.45) is 5.73 Å². The van der Waals surface area contributed by atoms with Gasteiger partial charge in [0, 0.05) is 11.8 Å². The van der Waals surface area contributed by atoms with Gasteiger partial charge in [0.15, 0.2) is 6.61 Å². The Morgan fingerprint density at radius 3 is 2.23 bits per heavy atom. The molecule has 2 aromatic rings. The zero-order valence-corrected chi connectivity index (χ0v) is 20.7. The molecule has 0 bridgehead atoms. The number of halogens is 1. The SMILES string of the molecule is COc1cc(OC)c(NS(=O)(=O)c2cc(C(=O)OCC(=O)/C(C#N)=C(\C)N)ccc2OC)cc1Cl. The minimum absolute atomic E-state index is 0.00639. The average molecular weight is 524 g/mol. The lowest BCUT2D eigenvalue weighted by atomic mass is 10.1. The third kappa shape index (κ3) is 6.34. The van der Waals surface area contributed by atoms with E-state index in [1.54, 1.807) is 6.07 Å². The molecule has 0 aliphatic rings. The number of carbonyl (C=O) groups is 2. The van der Waals surface area contributed by atoms with Gasteiger partial charge in [0.2, 0.25) is 5.78 Å². The number of hydrogen-bond donors (Lipinski definition) is 2. The molecule has 2 aromatic carbocycles. The zero-order valence-electron chi connectivity index (χ0n) is 19.2. The van der Waals surface area contributed by atoms with Crippen molar-refractivity contribution in [2.45, 2.75) is 11.8 Å². The van der Waals surface area contributed by atoms with Crippen LogP contribution in [-0.2, 0) is 19.6 Å². The predicted octanol–water partition coefficient (Wildman–Crippen LogP) is 2.65. The molecule has 0 atom stereocenters. The van der Waals surface area contributed by atoms with Crippen LogP contribution in [0.5, 0.6) is 17.2 Å². The summed E-state index contributed by atoms with van der Waals surface area (Å²) in [7, 11) is -0.364. The lowest BCUT2D eigenvalue weighted by Gasteiger charge is -2.16. The summed E-state index contributed by atoms with van der Waals surface area (Å²) in [6.45, 7) is 0.598. The van der Waals surface area contributed by atoms with Crippen molar-refractivity contribution in [1.29, 1.82) is 5.26 Å². The maximum Gasteiger partial charge on any atom is 0.338 e. The summed E-state index contributed by atoms with van der Waals surface area (Å²) in [4.78, 5) is 24.1. The molecule has 0 spiro atoms. The minimum atomic E-state index is -4.34. The van der Waals surface area contributed by atoms with E-state index in [1.165, 1.54) is 52.5 Å². The van der Waals surface area contributed by atoms with Gasteiger partial charge in [-0.05, 0) is 31.2 Å². The highest BCUT2D eigenvalue weighted by molar-refractivity contribution is 7.92. The van der Waals surface area contributed by atoms with Crippen LogP contribution in [0.3, 0.4) is 0 Å². The molecule has 0 fully saturated rings. The molecule has 0 aliphatic carbocycles. The summed E-state index contributed by atoms with van der Waals surface area (Å²) in [6, 6.07) is 7.85. The fourth-order valence-corrected chi connectivity index (χ4v) is 4.31. The quantitative estimate of drug-likeness (QED) is 0.268. The van der Waals surface area contributed by atoms with Crippen molar-refractivity contribution in [2.75, 3.05) is 32.7 Å². The molecule has 2 rings (SSSR count). The summed E-state index contributed by atoms with van der Waals surface area (Å²) >= 11 is 6.11. The van der Waals surface area contributed by atoms with Crippen LogP contribution in [0.1, 0.15) is 17.3 Å². The predicted molar refractivity (Wildman–Crippen MR) is 126 cm³/mol. The molecular formula is C22H22ClN3O8S. The number of allylic oxidation sites excluding steroid dienone is 1. The zero-order chi connectivity index (χ0) is 26.3. The molecule has 0 saturated heterocycles. The molecule has 0 radical (unpaired) electrons. The van der Waals surface area contributed by atoms with Crippen molar-refractivity contribution in [3.05, 3.63) is 52.2 Å². The van der Waals surface area contributed by atoms with Gasteiger partial charge in [-0.25, -0.2) is 13.2 Å². The average Bonchev–Trinajstić information content (AvgIpc) is 2.82. The first kappa shape index (κ1) is 27.3. The van der Waals surface area contributed by atoms with E-state index in [0.29, 0.717) is 0 Å². The number of nitrogens with zero attached hydrogens (tertiary/aromatic N) is 1. The number of sulfonamides is 1. The Balaban J connectivity index is 2.38. The summed E-state index contributed by atoms with van der Waals surface area (Å²) in [5.41, 5.74) is 4.91. The minimum Gasteiger partial charge on any atom is -0.495 e. The number of esters is 1. The van der Waals surface area contributed by atoms with Crippen LogP contribution in [0, 0.1) is 11.3 Å². The van der Waals surface area contributed by atoms with E-state index in [-0.39, 0.29) is 44.8 Å². The maximum atomic E-state index is 13.2. The Morgan fingerprint density at radius 1 is 1.06 bits per heavy atom. The van der Waals surface area contributed by atoms with Crippen molar-refractivity contribution >= 4 is 39.1 Å². The Morgan fingerprint density at radius 2 is 1.69 bits per heavy atom. The molecular weight excluding hydrogens is 502 g/mol. The number of carbonyl (C=O) groups excluding carboxylic acids is 2. The highest BCUT2D eigenvalue weighted by Crippen LogP contribution is 2.37. The Kier molecular flexibility index (Phi) is 8.93. The van der Waals surface area contributed by atoms with E-state index in [0.717, 1.165) is 6.07 Å². The van der Waals surface area contributed by atoms with E-state index in [4.69, 9.17) is 41.5 Å². The smallest absolute Gasteiger partial charge is 0.338 e. The third-order valence-electron chi connectivity index (χ3n) is 4.53. The lowest BCUT2D eigenvalue weighted by Crippen LogP contribution is -2.19. The monoisotopic (exact) mass is 523 g/mol. The molecule has 11 nitrogen and oxygen atoms in total. The van der Waals surface area contributed by atoms with Gasteiger partial charge in [0.25, 0.3) is 10.0 Å². The van der Waals surface area contributed by atoms with Gasteiger partial charge in [0.1, 0.15) is 33.8 Å². The molecule has 0 heterocycles. The van der Waals surface area contributed by atoms with Crippen molar-refractivity contribution < 1.29 is 37.0 Å². The molecule has 186 valence electrons. The summed E-state index contributed by atoms with van der Waals surface area (Å²) in [6.07, 6.45) is 0. The number of ketones is 1. The molecule has 3 N–H and O–H groups in total. The van der Waals surface area contributed by atoms with E-state index in [1.807, 2.05) is 0 Å². The molecule has 35 heavy (non-hydrogen) atoms. The van der Waals surface area contributed by atoms with Crippen molar-refractivity contribution in [3.63, 3.8) is 0 Å². The lowest BCUT2D eigenvalue weighted by molar-refractivity contribution is -0.118. The molecule has 0 aliphatic heterocycles. The molecule has 0 aromatic heterocycles. The van der Waals surface area contributed by atoms with E-state index < -0.39 is 33.3 Å². The highest BCUT2D eigenvalue weighted by atomic mass is 35.5. The fourth-order valence-electron chi connectivity index (χ4n) is 2.81. The molecule has 0 saturated carbocycles. The standard InChI is InChI=1S/C22H22ClN3O8S/c1-12(25)14(10-24)17(27)11-34-22(28)13-5-6-18(31-2)21(7-13)35(29,30)26-16-8-15(23)19(32-3)9-20(16)33-4/h5-9,26H,11,25H2,1-4H3/b14-12+. The second-order valence-electron chi connectivity index (χ2n) is 6.83. The van der Waals surface area contributed by atoms with Crippen LogP contribution < -0.4 is 24.7 Å². The van der Waals surface area contributed by atoms with Crippen molar-refractivity contribution in [3.8, 4) is 23.3 Å². The number of rotatable bonds is 10. The van der Waals surface area contributed by atoms with E-state index >= 15 is 0 Å². The number of nitrogens with two attached hydrogens (primary N) is 1. The second-order valence-corrected chi connectivity index (χ2v) is 8.89. The number of benzene rings is 2. The Labute approximate surface area is 207 Å². The fraction of sp³-hybridized carbons (Fsp3) is 0.227. The van der Waals surface area contributed by atoms with E-state index in [9.17, 15) is 18.0 Å². The van der Waals surface area contributed by atoms with Crippen molar-refractivity contribution in [1.82, 2.24) is 0 Å². The van der Waals surface area contributed by atoms with Gasteiger partial charge in [-0.2, -0.15) is 5.26 Å². The first-order valence-electron chi connectivity index (χ1n) is 9.68.